The molecule has 0 amide bonds. The lowest BCUT2D eigenvalue weighted by Gasteiger charge is -1.99. The minimum absolute atomic E-state index is 0.0153. The van der Waals surface area contributed by atoms with Gasteiger partial charge in [0.2, 0.25) is 6.79 Å². The zero-order valence-electron chi connectivity index (χ0n) is 14.1. The molecule has 0 fully saturated rings. The van der Waals surface area contributed by atoms with E-state index in [-0.39, 0.29) is 13.4 Å². The third kappa shape index (κ3) is 4.12. The number of ether oxygens (including phenoxy) is 3. The average Bonchev–Trinajstić information content (AvgIpc) is 3.34. The van der Waals surface area contributed by atoms with Crippen LogP contribution >= 0.6 is 11.6 Å². The fourth-order valence-electron chi connectivity index (χ4n) is 2.50. The molecule has 0 N–H and O–H groups in total. The number of nitrogens with zero attached hydrogens (tertiary/aromatic N) is 1. The number of carbonyl (C=O) groups excluding carboxylic acids is 1. The molecule has 4 rings (SSSR count). The molecule has 1 aliphatic rings. The van der Waals surface area contributed by atoms with Gasteiger partial charge in [0.25, 0.3) is 0 Å². The van der Waals surface area contributed by atoms with Crippen LogP contribution in [0.4, 0.5) is 0 Å². The van der Waals surface area contributed by atoms with Crippen molar-refractivity contribution in [2.24, 2.45) is 0 Å². The van der Waals surface area contributed by atoms with Crippen molar-refractivity contribution in [1.82, 2.24) is 5.16 Å². The van der Waals surface area contributed by atoms with E-state index in [2.05, 4.69) is 5.16 Å². The molecule has 0 atom stereocenters. The van der Waals surface area contributed by atoms with Crippen LogP contribution in [0.1, 0.15) is 11.3 Å². The monoisotopic (exact) mass is 383 g/mol. The van der Waals surface area contributed by atoms with Gasteiger partial charge in [0.05, 0.1) is 0 Å². The molecule has 0 saturated heterocycles. The zero-order chi connectivity index (χ0) is 18.6. The number of halogens is 1. The van der Waals surface area contributed by atoms with Crippen LogP contribution in [0.2, 0.25) is 5.02 Å². The molecule has 0 bridgehead atoms. The van der Waals surface area contributed by atoms with Gasteiger partial charge in [-0.05, 0) is 48.0 Å². The van der Waals surface area contributed by atoms with E-state index in [0.717, 1.165) is 11.1 Å². The van der Waals surface area contributed by atoms with Crippen molar-refractivity contribution in [3.63, 3.8) is 0 Å². The lowest BCUT2D eigenvalue weighted by atomic mass is 10.2. The van der Waals surface area contributed by atoms with Gasteiger partial charge in [-0.25, -0.2) is 4.79 Å². The highest BCUT2D eigenvalue weighted by molar-refractivity contribution is 6.30. The molecule has 0 saturated carbocycles. The maximum Gasteiger partial charge on any atom is 0.331 e. The predicted molar refractivity (Wildman–Crippen MR) is 98.3 cm³/mol. The minimum atomic E-state index is -0.483. The van der Waals surface area contributed by atoms with Gasteiger partial charge in [-0.3, -0.25) is 0 Å². The smallest absolute Gasteiger partial charge is 0.331 e. The number of rotatable bonds is 5. The van der Waals surface area contributed by atoms with E-state index in [1.807, 2.05) is 18.2 Å². The van der Waals surface area contributed by atoms with Crippen LogP contribution in [0.3, 0.4) is 0 Å². The Balaban J connectivity index is 1.33. The lowest BCUT2D eigenvalue weighted by Crippen LogP contribution is -2.00. The number of hydrogen-bond acceptors (Lipinski definition) is 6. The summed E-state index contributed by atoms with van der Waals surface area (Å²) in [5, 5.41) is 4.55. The Morgan fingerprint density at radius 2 is 1.93 bits per heavy atom. The fraction of sp³-hybridized carbons (Fsp3) is 0.100. The molecular formula is C20H14ClNO5. The second-order valence-corrected chi connectivity index (χ2v) is 6.18. The summed E-state index contributed by atoms with van der Waals surface area (Å²) < 4.78 is 21.0. The maximum atomic E-state index is 11.9. The SMILES string of the molecule is O=C(/C=C\c1ccc2c(c1)OCO2)OCc1cc(-c2ccc(Cl)cc2)on1. The van der Waals surface area contributed by atoms with Crippen molar-refractivity contribution in [3.8, 4) is 22.8 Å². The molecule has 3 aromatic rings. The fourth-order valence-corrected chi connectivity index (χ4v) is 2.63. The first-order chi connectivity index (χ1) is 13.2. The molecule has 0 spiro atoms. The van der Waals surface area contributed by atoms with E-state index in [1.54, 1.807) is 36.4 Å². The van der Waals surface area contributed by atoms with Gasteiger partial charge < -0.3 is 18.7 Å². The maximum absolute atomic E-state index is 11.9. The molecule has 0 unspecified atom stereocenters. The summed E-state index contributed by atoms with van der Waals surface area (Å²) in [7, 11) is 0. The van der Waals surface area contributed by atoms with Crippen molar-refractivity contribution < 1.29 is 23.5 Å². The van der Waals surface area contributed by atoms with E-state index >= 15 is 0 Å². The predicted octanol–water partition coefficient (Wildman–Crippen LogP) is 4.48. The summed E-state index contributed by atoms with van der Waals surface area (Å²) in [5.74, 6) is 1.44. The van der Waals surface area contributed by atoms with Crippen molar-refractivity contribution >= 4 is 23.6 Å². The second-order valence-electron chi connectivity index (χ2n) is 5.74. The van der Waals surface area contributed by atoms with Gasteiger partial charge in [-0.15, -0.1) is 0 Å². The molecule has 2 heterocycles. The Hall–Kier alpha value is -3.25. The third-order valence-electron chi connectivity index (χ3n) is 3.86. The highest BCUT2D eigenvalue weighted by atomic mass is 35.5. The largest absolute Gasteiger partial charge is 0.456 e. The number of fused-ring (bicyclic) bond motifs is 1. The van der Waals surface area contributed by atoms with Gasteiger partial charge in [-0.1, -0.05) is 22.8 Å². The topological polar surface area (TPSA) is 70.8 Å². The number of hydrogen-bond donors (Lipinski definition) is 0. The molecule has 0 aliphatic carbocycles. The van der Waals surface area contributed by atoms with Crippen LogP contribution in [0, 0.1) is 0 Å². The second kappa shape index (κ2) is 7.55. The quantitative estimate of drug-likeness (QED) is 0.478. The van der Waals surface area contributed by atoms with E-state index in [0.29, 0.717) is 28.0 Å². The first kappa shape index (κ1) is 17.2. The molecule has 6 nitrogen and oxygen atoms in total. The lowest BCUT2D eigenvalue weighted by molar-refractivity contribution is -0.139. The summed E-state index contributed by atoms with van der Waals surface area (Å²) in [5.41, 5.74) is 2.17. The Labute approximate surface area is 159 Å². The van der Waals surface area contributed by atoms with E-state index in [4.69, 9.17) is 30.3 Å². The van der Waals surface area contributed by atoms with E-state index < -0.39 is 5.97 Å². The number of carbonyl (C=O) groups is 1. The highest BCUT2D eigenvalue weighted by Gasteiger charge is 2.12. The summed E-state index contributed by atoms with van der Waals surface area (Å²) in [6.07, 6.45) is 2.99. The van der Waals surface area contributed by atoms with Crippen molar-refractivity contribution in [2.75, 3.05) is 6.79 Å². The van der Waals surface area contributed by atoms with Gasteiger partial charge in [0.1, 0.15) is 12.3 Å². The summed E-state index contributed by atoms with van der Waals surface area (Å²) >= 11 is 5.87. The molecule has 0 radical (unpaired) electrons. The number of esters is 1. The van der Waals surface area contributed by atoms with E-state index in [9.17, 15) is 4.79 Å². The van der Waals surface area contributed by atoms with Crippen molar-refractivity contribution in [3.05, 3.63) is 70.9 Å². The molecule has 136 valence electrons. The van der Waals surface area contributed by atoms with E-state index in [1.165, 1.54) is 6.08 Å². The first-order valence-electron chi connectivity index (χ1n) is 8.13. The first-order valence-corrected chi connectivity index (χ1v) is 8.51. The standard InChI is InChI=1S/C20H14ClNO5/c21-15-5-3-14(4-6-15)18-10-16(22-27-18)11-24-20(23)8-2-13-1-7-17-19(9-13)26-12-25-17/h1-10H,11-12H2/b8-2-. The van der Waals surface area contributed by atoms with Gasteiger partial charge >= 0.3 is 5.97 Å². The summed E-state index contributed by atoms with van der Waals surface area (Å²) in [6, 6.07) is 14.3. The van der Waals surface area contributed by atoms with Crippen LogP contribution in [-0.2, 0) is 16.1 Å². The molecule has 1 aromatic heterocycles. The molecule has 27 heavy (non-hydrogen) atoms. The molecule has 7 heteroatoms. The molecule has 1 aliphatic heterocycles. The summed E-state index contributed by atoms with van der Waals surface area (Å²) in [4.78, 5) is 11.9. The zero-order valence-corrected chi connectivity index (χ0v) is 14.8. The Kier molecular flexibility index (Phi) is 4.80. The summed E-state index contributed by atoms with van der Waals surface area (Å²) in [6.45, 7) is 0.224. The normalized spacial score (nSPS) is 12.5. The Bertz CT molecular complexity index is 994. The van der Waals surface area contributed by atoms with Gasteiger partial charge in [0.15, 0.2) is 17.3 Å². The van der Waals surface area contributed by atoms with Crippen LogP contribution in [-0.4, -0.2) is 17.9 Å². The van der Waals surface area contributed by atoms with Gasteiger partial charge in [0, 0.05) is 22.7 Å². The number of aromatic nitrogens is 1. The molecule has 2 aromatic carbocycles. The van der Waals surface area contributed by atoms with Crippen molar-refractivity contribution in [1.29, 1.82) is 0 Å². The van der Waals surface area contributed by atoms with Crippen molar-refractivity contribution in [2.45, 2.75) is 6.61 Å². The Morgan fingerprint density at radius 1 is 1.11 bits per heavy atom. The Morgan fingerprint density at radius 3 is 2.78 bits per heavy atom. The molecular weight excluding hydrogens is 370 g/mol. The average molecular weight is 384 g/mol. The van der Waals surface area contributed by atoms with Crippen LogP contribution in [0.15, 0.2) is 59.1 Å². The van der Waals surface area contributed by atoms with Crippen LogP contribution in [0.25, 0.3) is 17.4 Å². The van der Waals surface area contributed by atoms with Crippen LogP contribution < -0.4 is 9.47 Å². The minimum Gasteiger partial charge on any atom is -0.456 e. The van der Waals surface area contributed by atoms with Crippen LogP contribution in [0.5, 0.6) is 11.5 Å². The van der Waals surface area contributed by atoms with Gasteiger partial charge in [-0.2, -0.15) is 0 Å². The third-order valence-corrected chi connectivity index (χ3v) is 4.11. The highest BCUT2D eigenvalue weighted by Crippen LogP contribution is 2.32. The number of benzene rings is 2.